The summed E-state index contributed by atoms with van der Waals surface area (Å²) in [6.07, 6.45) is 3.15. The van der Waals surface area contributed by atoms with Gasteiger partial charge in [0.15, 0.2) is 0 Å². The second-order valence-electron chi connectivity index (χ2n) is 8.65. The van der Waals surface area contributed by atoms with Crippen LogP contribution in [-0.4, -0.2) is 56.0 Å². The van der Waals surface area contributed by atoms with E-state index in [-0.39, 0.29) is 11.6 Å². The fourth-order valence-electron chi connectivity index (χ4n) is 4.64. The van der Waals surface area contributed by atoms with E-state index in [0.29, 0.717) is 10.0 Å². The second-order valence-corrected chi connectivity index (χ2v) is 9.49. The highest BCUT2D eigenvalue weighted by Gasteiger charge is 2.35. The molecule has 2 unspecified atom stereocenters. The summed E-state index contributed by atoms with van der Waals surface area (Å²) in [6.45, 7) is 7.69. The quantitative estimate of drug-likeness (QED) is 0.590. The van der Waals surface area contributed by atoms with Crippen LogP contribution in [0.5, 0.6) is 0 Å². The molecule has 2 N–H and O–H groups in total. The van der Waals surface area contributed by atoms with Crippen LogP contribution in [0.2, 0.25) is 10.0 Å². The van der Waals surface area contributed by atoms with Gasteiger partial charge in [-0.25, -0.2) is 0 Å². The zero-order valence-electron chi connectivity index (χ0n) is 17.9. The van der Waals surface area contributed by atoms with Crippen LogP contribution in [0.4, 0.5) is 11.4 Å². The lowest BCUT2D eigenvalue weighted by molar-refractivity contribution is -0.113. The van der Waals surface area contributed by atoms with E-state index in [1.165, 1.54) is 5.69 Å². The van der Waals surface area contributed by atoms with Crippen LogP contribution in [0, 0.1) is 0 Å². The zero-order valence-corrected chi connectivity index (χ0v) is 19.4. The fourth-order valence-corrected chi connectivity index (χ4v) is 5.21. The second kappa shape index (κ2) is 9.78. The summed E-state index contributed by atoms with van der Waals surface area (Å²) >= 11 is 12.4. The molecule has 7 heteroatoms. The van der Waals surface area contributed by atoms with Crippen LogP contribution >= 0.6 is 23.2 Å². The molecule has 0 aromatic heterocycles. The van der Waals surface area contributed by atoms with E-state index in [2.05, 4.69) is 51.6 Å². The average molecular weight is 461 g/mol. The number of carbonyl (C=O) groups excluding carboxylic acids is 1. The Hall–Kier alpha value is -1.79. The van der Waals surface area contributed by atoms with Crippen molar-refractivity contribution in [1.82, 2.24) is 10.2 Å². The van der Waals surface area contributed by atoms with Gasteiger partial charge in [-0.2, -0.15) is 0 Å². The number of piperazine rings is 1. The molecule has 4 rings (SSSR count). The summed E-state index contributed by atoms with van der Waals surface area (Å²) in [5, 5.41) is 8.28. The van der Waals surface area contributed by atoms with Gasteiger partial charge in [0, 0.05) is 60.2 Å². The van der Waals surface area contributed by atoms with Crippen LogP contribution in [0.1, 0.15) is 31.4 Å². The number of aldehydes is 1. The standard InChI is InChI=1S/C24H30Cl2N4O/c1-18(22-7-6-19(25)14-23(22)26)28-20-4-2-5-21(15-20)30-12-10-29(11-13-30)16-24(17-31)8-3-9-27-24/h2,4-7,14-15,17-18,27-28H,3,8-13,16H2,1H3. The maximum absolute atomic E-state index is 11.6. The Kier molecular flexibility index (Phi) is 7.07. The van der Waals surface area contributed by atoms with E-state index in [0.717, 1.165) is 69.6 Å². The number of hydrogen-bond donors (Lipinski definition) is 2. The predicted molar refractivity (Wildman–Crippen MR) is 130 cm³/mol. The molecule has 0 amide bonds. The van der Waals surface area contributed by atoms with Crippen LogP contribution in [0.15, 0.2) is 42.5 Å². The summed E-state index contributed by atoms with van der Waals surface area (Å²) in [5.41, 5.74) is 2.96. The summed E-state index contributed by atoms with van der Waals surface area (Å²) in [4.78, 5) is 16.5. The molecule has 0 spiro atoms. The first-order valence-electron chi connectivity index (χ1n) is 11.0. The van der Waals surface area contributed by atoms with Gasteiger partial charge in [0.2, 0.25) is 0 Å². The highest BCUT2D eigenvalue weighted by atomic mass is 35.5. The third kappa shape index (κ3) is 5.35. The zero-order chi connectivity index (χ0) is 21.8. The highest BCUT2D eigenvalue weighted by Crippen LogP contribution is 2.30. The van der Waals surface area contributed by atoms with E-state index in [1.54, 1.807) is 6.07 Å². The number of nitrogens with one attached hydrogen (secondary N) is 2. The molecular formula is C24H30Cl2N4O. The Labute approximate surface area is 194 Å². The van der Waals surface area contributed by atoms with Crippen molar-refractivity contribution < 1.29 is 4.79 Å². The van der Waals surface area contributed by atoms with Crippen molar-refractivity contribution >= 4 is 40.9 Å². The lowest BCUT2D eigenvalue weighted by Gasteiger charge is -2.39. The van der Waals surface area contributed by atoms with Gasteiger partial charge in [0.25, 0.3) is 0 Å². The van der Waals surface area contributed by atoms with E-state index in [9.17, 15) is 4.79 Å². The smallest absolute Gasteiger partial charge is 0.141 e. The Bertz CT molecular complexity index is 908. The molecule has 2 atom stereocenters. The molecule has 2 aliphatic heterocycles. The Balaban J connectivity index is 1.36. The van der Waals surface area contributed by atoms with Gasteiger partial charge >= 0.3 is 0 Å². The summed E-state index contributed by atoms with van der Waals surface area (Å²) in [6, 6.07) is 14.2. The molecule has 166 valence electrons. The number of halogens is 2. The van der Waals surface area contributed by atoms with Crippen LogP contribution in [-0.2, 0) is 4.79 Å². The third-order valence-corrected chi connectivity index (χ3v) is 6.97. The molecule has 0 radical (unpaired) electrons. The molecule has 2 aromatic rings. The van der Waals surface area contributed by atoms with E-state index < -0.39 is 0 Å². The Morgan fingerprint density at radius 1 is 1.16 bits per heavy atom. The minimum atomic E-state index is -0.342. The van der Waals surface area contributed by atoms with Gasteiger partial charge in [-0.05, 0) is 62.2 Å². The van der Waals surface area contributed by atoms with E-state index in [1.807, 2.05) is 12.1 Å². The number of hydrogen-bond acceptors (Lipinski definition) is 5. The first-order valence-corrected chi connectivity index (χ1v) is 11.7. The number of nitrogens with zero attached hydrogens (tertiary/aromatic N) is 2. The molecule has 2 heterocycles. The van der Waals surface area contributed by atoms with Gasteiger partial charge in [-0.15, -0.1) is 0 Å². The third-order valence-electron chi connectivity index (χ3n) is 6.40. The van der Waals surface area contributed by atoms with Gasteiger partial charge < -0.3 is 20.3 Å². The maximum Gasteiger partial charge on any atom is 0.141 e. The molecule has 2 aliphatic rings. The van der Waals surface area contributed by atoms with Gasteiger partial charge in [0.1, 0.15) is 6.29 Å². The molecule has 0 aliphatic carbocycles. The minimum Gasteiger partial charge on any atom is -0.378 e. The number of benzene rings is 2. The Morgan fingerprint density at radius 3 is 2.65 bits per heavy atom. The van der Waals surface area contributed by atoms with Crippen molar-refractivity contribution in [2.45, 2.75) is 31.3 Å². The number of rotatable bonds is 7. The first kappa shape index (κ1) is 22.4. The van der Waals surface area contributed by atoms with Crippen LogP contribution in [0.3, 0.4) is 0 Å². The van der Waals surface area contributed by atoms with Crippen molar-refractivity contribution in [3.05, 3.63) is 58.1 Å². The molecule has 2 saturated heterocycles. The van der Waals surface area contributed by atoms with E-state index in [4.69, 9.17) is 23.2 Å². The lowest BCUT2D eigenvalue weighted by Crippen LogP contribution is -2.56. The summed E-state index contributed by atoms with van der Waals surface area (Å²) < 4.78 is 0. The monoisotopic (exact) mass is 460 g/mol. The van der Waals surface area contributed by atoms with Gasteiger partial charge in [-0.1, -0.05) is 35.3 Å². The van der Waals surface area contributed by atoms with Gasteiger partial charge in [0.05, 0.1) is 5.54 Å². The molecule has 2 aromatic carbocycles. The molecule has 0 saturated carbocycles. The molecule has 31 heavy (non-hydrogen) atoms. The molecule has 5 nitrogen and oxygen atoms in total. The minimum absolute atomic E-state index is 0.0651. The first-order chi connectivity index (χ1) is 15.0. The fraction of sp³-hybridized carbons (Fsp3) is 0.458. The van der Waals surface area contributed by atoms with Crippen LogP contribution in [0.25, 0.3) is 0 Å². The van der Waals surface area contributed by atoms with Crippen molar-refractivity contribution in [3.8, 4) is 0 Å². The average Bonchev–Trinajstić information content (AvgIpc) is 3.23. The topological polar surface area (TPSA) is 47.6 Å². The number of carbonyl (C=O) groups is 1. The SMILES string of the molecule is CC(Nc1cccc(N2CCN(CC3(C=O)CCCN3)CC2)c1)c1ccc(Cl)cc1Cl. The van der Waals surface area contributed by atoms with Crippen molar-refractivity contribution in [1.29, 1.82) is 0 Å². The van der Waals surface area contributed by atoms with E-state index >= 15 is 0 Å². The molecular weight excluding hydrogens is 431 g/mol. The van der Waals surface area contributed by atoms with Crippen molar-refractivity contribution in [2.24, 2.45) is 0 Å². The predicted octanol–water partition coefficient (Wildman–Crippen LogP) is 4.61. The maximum atomic E-state index is 11.6. The normalized spacial score (nSPS) is 23.0. The molecule has 2 fully saturated rings. The largest absolute Gasteiger partial charge is 0.378 e. The summed E-state index contributed by atoms with van der Waals surface area (Å²) in [5.74, 6) is 0. The number of anilines is 2. The van der Waals surface area contributed by atoms with Crippen molar-refractivity contribution in [3.63, 3.8) is 0 Å². The summed E-state index contributed by atoms with van der Waals surface area (Å²) in [7, 11) is 0. The molecule has 0 bridgehead atoms. The lowest BCUT2D eigenvalue weighted by atomic mass is 9.98. The van der Waals surface area contributed by atoms with Gasteiger partial charge in [-0.3, -0.25) is 4.90 Å². The Morgan fingerprint density at radius 2 is 1.97 bits per heavy atom. The highest BCUT2D eigenvalue weighted by molar-refractivity contribution is 6.35. The van der Waals surface area contributed by atoms with Crippen LogP contribution < -0.4 is 15.5 Å². The van der Waals surface area contributed by atoms with Crippen molar-refractivity contribution in [2.75, 3.05) is 49.5 Å².